The predicted octanol–water partition coefficient (Wildman–Crippen LogP) is 5.80. The van der Waals surface area contributed by atoms with Gasteiger partial charge in [0, 0.05) is 6.42 Å². The number of carbonyl (C=O) groups is 1. The summed E-state index contributed by atoms with van der Waals surface area (Å²) >= 11 is 1.55. The molecule has 0 bridgehead atoms. The van der Waals surface area contributed by atoms with E-state index in [1.54, 1.807) is 30.8 Å². The third-order valence-corrected chi connectivity index (χ3v) is 4.63. The topological polar surface area (TPSA) is 50.1 Å². The molecule has 2 rings (SSSR count). The van der Waals surface area contributed by atoms with Gasteiger partial charge in [0.25, 0.3) is 0 Å². The summed E-state index contributed by atoms with van der Waals surface area (Å²) in [5, 5.41) is 12.2. The van der Waals surface area contributed by atoms with Gasteiger partial charge in [-0.2, -0.15) is 10.8 Å². The predicted molar refractivity (Wildman–Crippen MR) is 106 cm³/mol. The molecule has 2 aromatic rings. The quantitative estimate of drug-likeness (QED) is 0.175. The molecule has 0 heterocycles. The van der Waals surface area contributed by atoms with E-state index in [1.165, 1.54) is 5.56 Å². The summed E-state index contributed by atoms with van der Waals surface area (Å²) in [5.41, 5.74) is 3.82. The second-order valence-corrected chi connectivity index (χ2v) is 6.68. The molecule has 144 valence electrons. The molecule has 0 aromatic heterocycles. The van der Waals surface area contributed by atoms with Crippen LogP contribution in [0.2, 0.25) is 0 Å². The van der Waals surface area contributed by atoms with Crippen molar-refractivity contribution in [2.24, 2.45) is 0 Å². The van der Waals surface area contributed by atoms with Gasteiger partial charge in [-0.15, -0.1) is 12.1 Å². The van der Waals surface area contributed by atoms with Crippen molar-refractivity contribution in [3.05, 3.63) is 70.6 Å². The summed E-state index contributed by atoms with van der Waals surface area (Å²) in [6.07, 6.45) is 2.07. The van der Waals surface area contributed by atoms with Crippen molar-refractivity contribution in [2.45, 2.75) is 38.0 Å². The number of hydrogen-bond acceptors (Lipinski definition) is 4. The van der Waals surface area contributed by atoms with E-state index in [1.807, 2.05) is 12.1 Å². The largest absolute Gasteiger partial charge is 1.00 e. The van der Waals surface area contributed by atoms with Gasteiger partial charge < -0.3 is 4.74 Å². The zero-order valence-electron chi connectivity index (χ0n) is 15.4. The van der Waals surface area contributed by atoms with E-state index in [0.29, 0.717) is 18.6 Å². The number of thioether (sulfide) groups is 1. The Balaban J connectivity index is 0.00000364. The summed E-state index contributed by atoms with van der Waals surface area (Å²) in [6.45, 7) is 4.22. The number of ether oxygens (including phenoxy) is 1. The van der Waals surface area contributed by atoms with Gasteiger partial charge in [0.2, 0.25) is 0 Å². The van der Waals surface area contributed by atoms with Crippen LogP contribution in [0, 0.1) is 23.7 Å². The van der Waals surface area contributed by atoms with Gasteiger partial charge in [-0.05, 0) is 37.3 Å². The summed E-state index contributed by atoms with van der Waals surface area (Å²) < 4.78 is 5.02. The Labute approximate surface area is 176 Å². The molecule has 0 aliphatic heterocycles. The third-order valence-electron chi connectivity index (χ3n) is 3.77. The summed E-state index contributed by atoms with van der Waals surface area (Å²) in [6, 6.07) is 17.9. The number of hydrogen-bond donors (Lipinski definition) is 0. The van der Waals surface area contributed by atoms with Crippen LogP contribution in [0.3, 0.4) is 0 Å². The van der Waals surface area contributed by atoms with Gasteiger partial charge in [0.05, 0.1) is 18.2 Å². The zero-order chi connectivity index (χ0) is 18.8. The maximum absolute atomic E-state index is 11.8. The first-order valence-electron chi connectivity index (χ1n) is 8.64. The maximum Gasteiger partial charge on any atom is 1.00 e. The molecule has 0 N–H and O–H groups in total. The minimum absolute atomic E-state index is 0. The van der Waals surface area contributed by atoms with E-state index in [2.05, 4.69) is 42.7 Å². The van der Waals surface area contributed by atoms with Crippen molar-refractivity contribution in [1.29, 1.82) is 5.26 Å². The van der Waals surface area contributed by atoms with Crippen molar-refractivity contribution >= 4 is 23.3 Å². The molecule has 0 spiro atoms. The van der Waals surface area contributed by atoms with Crippen LogP contribution >= 0.6 is 11.8 Å². The molecule has 0 aliphatic rings. The molecule has 5 heteroatoms. The zero-order valence-corrected chi connectivity index (χ0v) is 17.2. The number of unbranched alkanes of at least 4 members (excludes halogenated alkanes) is 1. The van der Waals surface area contributed by atoms with Crippen molar-refractivity contribution in [3.8, 4) is 6.07 Å². The van der Waals surface area contributed by atoms with Crippen molar-refractivity contribution < 1.29 is 26.6 Å². The number of esters is 1. The van der Waals surface area contributed by atoms with Crippen LogP contribution in [0.1, 0.15) is 47.7 Å². The van der Waals surface area contributed by atoms with Crippen LogP contribution in [-0.4, -0.2) is 12.6 Å². The van der Waals surface area contributed by atoms with Crippen LogP contribution in [0.5, 0.6) is 0 Å². The first-order chi connectivity index (χ1) is 12.6. The van der Waals surface area contributed by atoms with Crippen molar-refractivity contribution in [3.63, 3.8) is 0 Å². The number of carbonyl (C=O) groups excluding carboxylic acids is 1. The number of nitriles is 1. The van der Waals surface area contributed by atoms with Crippen LogP contribution < -0.4 is 0 Å². The molecule has 3 nitrogen and oxygen atoms in total. The molecule has 0 saturated carbocycles. The van der Waals surface area contributed by atoms with E-state index >= 15 is 0 Å². The summed E-state index contributed by atoms with van der Waals surface area (Å²) in [5.74, 6) is -0.313. The molecular formula is C22H22CuNO2S. The first-order valence-corrected chi connectivity index (χ1v) is 9.45. The molecule has 0 radical (unpaired) electrons. The molecule has 0 amide bonds. The minimum Gasteiger partial charge on any atom is -0.462 e. The second kappa shape index (κ2) is 12.4. The maximum atomic E-state index is 11.8. The van der Waals surface area contributed by atoms with E-state index in [-0.39, 0.29) is 23.0 Å². The van der Waals surface area contributed by atoms with Crippen molar-refractivity contribution in [1.82, 2.24) is 0 Å². The Morgan fingerprint density at radius 2 is 1.74 bits per heavy atom. The van der Waals surface area contributed by atoms with Gasteiger partial charge >= 0.3 is 23.0 Å². The molecule has 0 saturated heterocycles. The van der Waals surface area contributed by atoms with E-state index in [0.717, 1.165) is 28.9 Å². The minimum atomic E-state index is -0.313. The normalized spacial score (nSPS) is 10.6. The number of nitrogens with zero attached hydrogens (tertiary/aromatic N) is 1. The molecule has 0 unspecified atom stereocenters. The molecule has 0 fully saturated rings. The van der Waals surface area contributed by atoms with Gasteiger partial charge in [0.1, 0.15) is 0 Å². The van der Waals surface area contributed by atoms with Gasteiger partial charge in [-0.3, -0.25) is 0 Å². The van der Waals surface area contributed by atoms with E-state index in [4.69, 9.17) is 10.00 Å². The third kappa shape index (κ3) is 7.64. The standard InChI is InChI=1S/C22H22NO2S.Cu/c1-3-25-22(24)19-11-9-18(10-12-19)20(6-4-5-15-23)16-26-21-13-7-17(2)8-14-21;/h7-14H,3-6H2,1-2H3;/q-1;+1. The number of aryl methyl sites for hydroxylation is 1. The Hall–Kier alpha value is -1.99. The second-order valence-electron chi connectivity index (χ2n) is 5.81. The average molecular weight is 428 g/mol. The Bertz CT molecular complexity index is 793. The molecule has 0 atom stereocenters. The van der Waals surface area contributed by atoms with E-state index < -0.39 is 0 Å². The monoisotopic (exact) mass is 427 g/mol. The van der Waals surface area contributed by atoms with Crippen LogP contribution in [0.25, 0.3) is 5.57 Å². The summed E-state index contributed by atoms with van der Waals surface area (Å²) in [7, 11) is 0. The van der Waals surface area contributed by atoms with Crippen LogP contribution in [0.15, 0.2) is 53.4 Å². The first kappa shape index (κ1) is 23.0. The SMILES string of the molecule is CCOC(=O)c1ccc(C(=[C-]Sc2ccc(C)cc2)CCCC#N)cc1.[Cu+]. The van der Waals surface area contributed by atoms with Crippen LogP contribution in [-0.2, 0) is 21.8 Å². The van der Waals surface area contributed by atoms with Gasteiger partial charge in [-0.1, -0.05) is 36.2 Å². The Morgan fingerprint density at radius 1 is 1.11 bits per heavy atom. The molecule has 2 aromatic carbocycles. The fraction of sp³-hybridized carbons (Fsp3) is 0.273. The van der Waals surface area contributed by atoms with E-state index in [9.17, 15) is 4.79 Å². The number of benzene rings is 2. The van der Waals surface area contributed by atoms with Gasteiger partial charge in [0.15, 0.2) is 0 Å². The van der Waals surface area contributed by atoms with Crippen LogP contribution in [0.4, 0.5) is 0 Å². The van der Waals surface area contributed by atoms with Crippen molar-refractivity contribution in [2.75, 3.05) is 6.61 Å². The fourth-order valence-electron chi connectivity index (χ4n) is 2.35. The Kier molecular flexibility index (Phi) is 10.6. The molecular weight excluding hydrogens is 406 g/mol. The smallest absolute Gasteiger partial charge is 0.462 e. The number of rotatable bonds is 8. The fourth-order valence-corrected chi connectivity index (χ4v) is 3.08. The average Bonchev–Trinajstić information content (AvgIpc) is 2.66. The Morgan fingerprint density at radius 3 is 2.33 bits per heavy atom. The molecule has 27 heavy (non-hydrogen) atoms. The van der Waals surface area contributed by atoms with Gasteiger partial charge in [-0.25, -0.2) is 27.5 Å². The molecule has 0 aliphatic carbocycles. The summed E-state index contributed by atoms with van der Waals surface area (Å²) in [4.78, 5) is 12.9. The number of allylic oxidation sites excluding steroid dienone is 1.